The van der Waals surface area contributed by atoms with Crippen molar-refractivity contribution in [3.63, 3.8) is 0 Å². The van der Waals surface area contributed by atoms with E-state index in [0.29, 0.717) is 6.61 Å². The maximum absolute atomic E-state index is 4.85. The summed E-state index contributed by atoms with van der Waals surface area (Å²) in [6.07, 6.45) is 0.962. The second-order valence-electron chi connectivity index (χ2n) is 1.30. The zero-order chi connectivity index (χ0) is 6.41. The molecule has 0 N–H and O–H groups in total. The molecule has 0 saturated carbocycles. The molecule has 0 aliphatic carbocycles. The van der Waals surface area contributed by atoms with Crippen LogP contribution in [0.5, 0.6) is 0 Å². The smallest absolute Gasteiger partial charge is 0.351 e. The predicted molar refractivity (Wildman–Crippen MR) is 35.9 cm³/mol. The van der Waals surface area contributed by atoms with Gasteiger partial charge in [-0.25, -0.2) is 0 Å². The molecule has 0 atom stereocenters. The minimum Gasteiger partial charge on any atom is -0.460 e. The monoisotopic (exact) mass is 134 g/mol. The highest BCUT2D eigenvalue weighted by atomic mass is 32.1. The number of ether oxygens (including phenoxy) is 2. The van der Waals surface area contributed by atoms with Crippen LogP contribution < -0.4 is 0 Å². The van der Waals surface area contributed by atoms with Gasteiger partial charge >= 0.3 is 5.24 Å². The van der Waals surface area contributed by atoms with Crippen LogP contribution in [0.2, 0.25) is 0 Å². The van der Waals surface area contributed by atoms with Crippen LogP contribution in [-0.4, -0.2) is 19.0 Å². The predicted octanol–water partition coefficient (Wildman–Crippen LogP) is 1.34. The van der Waals surface area contributed by atoms with Gasteiger partial charge in [-0.05, 0) is 6.42 Å². The molecule has 0 aliphatic rings. The summed E-state index contributed by atoms with van der Waals surface area (Å²) >= 11 is 4.58. The van der Waals surface area contributed by atoms with E-state index in [4.69, 9.17) is 4.74 Å². The van der Waals surface area contributed by atoms with E-state index in [9.17, 15) is 0 Å². The fourth-order valence-electron chi connectivity index (χ4n) is 0.244. The van der Waals surface area contributed by atoms with Crippen LogP contribution in [0.15, 0.2) is 0 Å². The summed E-state index contributed by atoms with van der Waals surface area (Å²) in [4.78, 5) is 0. The lowest BCUT2D eigenvalue weighted by atomic mass is 10.5. The Kier molecular flexibility index (Phi) is 4.65. The van der Waals surface area contributed by atoms with E-state index in [-0.39, 0.29) is 5.24 Å². The summed E-state index contributed by atoms with van der Waals surface area (Å²) in [5.74, 6) is 0. The molecule has 0 saturated heterocycles. The largest absolute Gasteiger partial charge is 0.460 e. The van der Waals surface area contributed by atoms with Crippen LogP contribution in [0.4, 0.5) is 0 Å². The molecule has 0 fully saturated rings. The van der Waals surface area contributed by atoms with E-state index in [1.807, 2.05) is 6.92 Å². The SMILES string of the molecule is CCCOC(=S)OC. The topological polar surface area (TPSA) is 18.5 Å². The van der Waals surface area contributed by atoms with Crippen LogP contribution in [0.1, 0.15) is 13.3 Å². The van der Waals surface area contributed by atoms with Gasteiger partial charge in [0.2, 0.25) is 0 Å². The van der Waals surface area contributed by atoms with E-state index >= 15 is 0 Å². The summed E-state index contributed by atoms with van der Waals surface area (Å²) in [6, 6.07) is 0. The van der Waals surface area contributed by atoms with Crippen LogP contribution in [0.3, 0.4) is 0 Å². The van der Waals surface area contributed by atoms with Crippen molar-refractivity contribution in [3.05, 3.63) is 0 Å². The van der Waals surface area contributed by atoms with Crippen molar-refractivity contribution >= 4 is 17.5 Å². The molecule has 0 unspecified atom stereocenters. The number of thiocarbonyl (C=S) groups is 1. The molecule has 0 bridgehead atoms. The first-order valence-corrected chi connectivity index (χ1v) is 2.92. The summed E-state index contributed by atoms with van der Waals surface area (Å²) < 4.78 is 9.41. The summed E-state index contributed by atoms with van der Waals surface area (Å²) in [6.45, 7) is 2.66. The highest BCUT2D eigenvalue weighted by molar-refractivity contribution is 7.79. The lowest BCUT2D eigenvalue weighted by molar-refractivity contribution is 0.210. The van der Waals surface area contributed by atoms with Crippen LogP contribution in [0.25, 0.3) is 0 Å². The van der Waals surface area contributed by atoms with Crippen molar-refractivity contribution in [2.24, 2.45) is 0 Å². The molecule has 2 nitrogen and oxygen atoms in total. The molecule has 0 rings (SSSR count). The van der Waals surface area contributed by atoms with Crippen molar-refractivity contribution < 1.29 is 9.47 Å². The minimum absolute atomic E-state index is 0.229. The van der Waals surface area contributed by atoms with Crippen molar-refractivity contribution in [3.8, 4) is 0 Å². The molecule has 0 aliphatic heterocycles. The third kappa shape index (κ3) is 3.87. The molecule has 0 radical (unpaired) electrons. The first-order chi connectivity index (χ1) is 3.81. The van der Waals surface area contributed by atoms with Crippen LogP contribution in [-0.2, 0) is 9.47 Å². The molecule has 0 aromatic rings. The van der Waals surface area contributed by atoms with Gasteiger partial charge in [-0.3, -0.25) is 0 Å². The molecular weight excluding hydrogens is 124 g/mol. The molecule has 0 amide bonds. The van der Waals surface area contributed by atoms with E-state index in [1.165, 1.54) is 7.11 Å². The fraction of sp³-hybridized carbons (Fsp3) is 0.800. The van der Waals surface area contributed by atoms with Gasteiger partial charge in [-0.2, -0.15) is 0 Å². The van der Waals surface area contributed by atoms with Crippen LogP contribution in [0, 0.1) is 0 Å². The number of methoxy groups -OCH3 is 1. The highest BCUT2D eigenvalue weighted by Gasteiger charge is 1.89. The maximum Gasteiger partial charge on any atom is 0.351 e. The second kappa shape index (κ2) is 4.84. The average molecular weight is 134 g/mol. The highest BCUT2D eigenvalue weighted by Crippen LogP contribution is 1.84. The third-order valence-corrected chi connectivity index (χ3v) is 0.875. The Morgan fingerprint density at radius 1 is 1.62 bits per heavy atom. The molecule has 0 aromatic heterocycles. The zero-order valence-corrected chi connectivity index (χ0v) is 5.96. The summed E-state index contributed by atoms with van der Waals surface area (Å²) in [7, 11) is 1.50. The molecule has 0 spiro atoms. The standard InChI is InChI=1S/C5H10O2S/c1-3-4-7-5(8)6-2/h3-4H2,1-2H3. The normalized spacial score (nSPS) is 8.25. The molecule has 0 aromatic carbocycles. The van der Waals surface area contributed by atoms with E-state index in [1.54, 1.807) is 0 Å². The molecule has 48 valence electrons. The fourth-order valence-corrected chi connectivity index (χ4v) is 0.328. The maximum atomic E-state index is 4.85. The Labute approximate surface area is 54.8 Å². The lowest BCUT2D eigenvalue weighted by Gasteiger charge is -2.01. The van der Waals surface area contributed by atoms with Crippen molar-refractivity contribution in [2.75, 3.05) is 13.7 Å². The Hall–Kier alpha value is -0.310. The molecule has 8 heavy (non-hydrogen) atoms. The minimum atomic E-state index is 0.229. The first kappa shape index (κ1) is 7.69. The molecule has 0 heterocycles. The van der Waals surface area contributed by atoms with Gasteiger partial charge in [-0.1, -0.05) is 6.92 Å². The summed E-state index contributed by atoms with van der Waals surface area (Å²) in [5, 5.41) is 0.229. The van der Waals surface area contributed by atoms with Crippen molar-refractivity contribution in [1.82, 2.24) is 0 Å². The lowest BCUT2D eigenvalue weighted by Crippen LogP contribution is -2.03. The van der Waals surface area contributed by atoms with Gasteiger partial charge in [0.05, 0.1) is 13.7 Å². The molecule has 3 heteroatoms. The van der Waals surface area contributed by atoms with Gasteiger partial charge in [0.25, 0.3) is 0 Å². The Bertz CT molecular complexity index is 72.8. The Balaban J connectivity index is 2.99. The summed E-state index contributed by atoms with van der Waals surface area (Å²) in [5.41, 5.74) is 0. The Morgan fingerprint density at radius 2 is 2.25 bits per heavy atom. The average Bonchev–Trinajstić information content (AvgIpc) is 1.83. The molecular formula is C5H10O2S. The van der Waals surface area contributed by atoms with Gasteiger partial charge in [0.1, 0.15) is 0 Å². The second-order valence-corrected chi connectivity index (χ2v) is 1.64. The number of hydrogen-bond acceptors (Lipinski definition) is 3. The third-order valence-electron chi connectivity index (χ3n) is 0.591. The quantitative estimate of drug-likeness (QED) is 0.531. The van der Waals surface area contributed by atoms with Crippen molar-refractivity contribution in [1.29, 1.82) is 0 Å². The van der Waals surface area contributed by atoms with E-state index < -0.39 is 0 Å². The van der Waals surface area contributed by atoms with Gasteiger partial charge in [0.15, 0.2) is 0 Å². The number of rotatable bonds is 2. The van der Waals surface area contributed by atoms with Crippen molar-refractivity contribution in [2.45, 2.75) is 13.3 Å². The van der Waals surface area contributed by atoms with Gasteiger partial charge < -0.3 is 9.47 Å². The van der Waals surface area contributed by atoms with Gasteiger partial charge in [-0.15, -0.1) is 0 Å². The first-order valence-electron chi connectivity index (χ1n) is 2.52. The Morgan fingerprint density at radius 3 is 2.62 bits per heavy atom. The van der Waals surface area contributed by atoms with Crippen LogP contribution >= 0.6 is 12.2 Å². The zero-order valence-electron chi connectivity index (χ0n) is 5.14. The number of hydrogen-bond donors (Lipinski definition) is 0. The van der Waals surface area contributed by atoms with E-state index in [0.717, 1.165) is 6.42 Å². The van der Waals surface area contributed by atoms with Gasteiger partial charge in [0, 0.05) is 12.2 Å². The van der Waals surface area contributed by atoms with E-state index in [2.05, 4.69) is 17.0 Å².